The third-order valence-electron chi connectivity index (χ3n) is 4.44. The van der Waals surface area contributed by atoms with Gasteiger partial charge < -0.3 is 14.8 Å². The second-order valence-corrected chi connectivity index (χ2v) is 8.52. The van der Waals surface area contributed by atoms with Gasteiger partial charge in [0.25, 0.3) is 11.8 Å². The summed E-state index contributed by atoms with van der Waals surface area (Å²) in [6.45, 7) is 8.40. The summed E-state index contributed by atoms with van der Waals surface area (Å²) in [6, 6.07) is 6.79. The van der Waals surface area contributed by atoms with Crippen molar-refractivity contribution in [3.63, 3.8) is 0 Å². The summed E-state index contributed by atoms with van der Waals surface area (Å²) in [6.07, 6.45) is 1.43. The van der Waals surface area contributed by atoms with Crippen molar-refractivity contribution in [1.29, 1.82) is 0 Å². The van der Waals surface area contributed by atoms with Gasteiger partial charge in [0.05, 0.1) is 10.4 Å². The number of aromatic nitrogens is 1. The molecule has 0 atom stereocenters. The van der Waals surface area contributed by atoms with Crippen LogP contribution in [0.25, 0.3) is 0 Å². The van der Waals surface area contributed by atoms with Crippen LogP contribution in [0.1, 0.15) is 45.7 Å². The molecule has 0 bridgehead atoms. The summed E-state index contributed by atoms with van der Waals surface area (Å²) in [5, 5.41) is 0. The Labute approximate surface area is 156 Å². The lowest BCUT2D eigenvalue weighted by Crippen LogP contribution is -2.50. The van der Waals surface area contributed by atoms with E-state index < -0.39 is 0 Å². The first kappa shape index (κ1) is 18.4. The van der Waals surface area contributed by atoms with E-state index >= 15 is 0 Å². The second-order valence-electron chi connectivity index (χ2n) is 7.44. The minimum Gasteiger partial charge on any atom is -0.335 e. The lowest BCUT2D eigenvalue weighted by Gasteiger charge is -2.34. The molecular formula is C19H23N3O3S. The number of hydrogen-bond acceptors (Lipinski definition) is 4. The molecule has 0 radical (unpaired) electrons. The number of nitrogens with zero attached hydrogens (tertiary/aromatic N) is 2. The summed E-state index contributed by atoms with van der Waals surface area (Å²) in [5.74, 6) is -0.0962. The van der Waals surface area contributed by atoms with Gasteiger partial charge in [-0.15, -0.1) is 11.3 Å². The van der Waals surface area contributed by atoms with E-state index in [-0.39, 0.29) is 22.8 Å². The molecule has 0 aliphatic carbocycles. The first-order valence-corrected chi connectivity index (χ1v) is 9.45. The van der Waals surface area contributed by atoms with Gasteiger partial charge in [0.1, 0.15) is 0 Å². The average Bonchev–Trinajstić information content (AvgIpc) is 3.12. The second kappa shape index (κ2) is 7.07. The van der Waals surface area contributed by atoms with Crippen molar-refractivity contribution in [3.05, 3.63) is 56.1 Å². The van der Waals surface area contributed by atoms with E-state index in [1.807, 2.05) is 12.1 Å². The fraction of sp³-hybridized carbons (Fsp3) is 0.421. The molecule has 1 aliphatic rings. The Morgan fingerprint density at radius 3 is 2.08 bits per heavy atom. The summed E-state index contributed by atoms with van der Waals surface area (Å²) >= 11 is 1.54. The molecule has 0 unspecified atom stereocenters. The lowest BCUT2D eigenvalue weighted by atomic mass is 9.95. The number of carbonyl (C=O) groups excluding carboxylic acids is 2. The fourth-order valence-electron chi connectivity index (χ4n) is 2.85. The smallest absolute Gasteiger partial charge is 0.264 e. The van der Waals surface area contributed by atoms with E-state index in [2.05, 4.69) is 25.8 Å². The molecule has 1 saturated heterocycles. The molecule has 0 spiro atoms. The summed E-state index contributed by atoms with van der Waals surface area (Å²) in [4.78, 5) is 44.3. The van der Waals surface area contributed by atoms with Crippen LogP contribution in [0.2, 0.25) is 0 Å². The van der Waals surface area contributed by atoms with Crippen molar-refractivity contribution in [2.75, 3.05) is 26.2 Å². The van der Waals surface area contributed by atoms with Crippen LogP contribution in [0.3, 0.4) is 0 Å². The zero-order chi connectivity index (χ0) is 18.9. The molecule has 3 rings (SSSR count). The SMILES string of the molecule is CC(C)(C)c1ccc(C(=O)N2CCN(C(=O)c3ccc(=O)[nH]c3)CC2)s1. The number of pyridine rings is 1. The number of piperazine rings is 1. The Kier molecular flexibility index (Phi) is 5.00. The Balaban J connectivity index is 1.62. The van der Waals surface area contributed by atoms with Crippen LogP contribution in [0, 0.1) is 0 Å². The van der Waals surface area contributed by atoms with Crippen LogP contribution in [0.4, 0.5) is 0 Å². The quantitative estimate of drug-likeness (QED) is 0.878. The van der Waals surface area contributed by atoms with Gasteiger partial charge in [-0.2, -0.15) is 0 Å². The minimum absolute atomic E-state index is 0.0293. The first-order chi connectivity index (χ1) is 12.3. The average molecular weight is 373 g/mol. The highest BCUT2D eigenvalue weighted by molar-refractivity contribution is 7.14. The number of rotatable bonds is 2. The minimum atomic E-state index is -0.234. The molecule has 6 nitrogen and oxygen atoms in total. The Hall–Kier alpha value is -2.41. The van der Waals surface area contributed by atoms with E-state index in [4.69, 9.17) is 0 Å². The van der Waals surface area contributed by atoms with Crippen molar-refractivity contribution in [2.24, 2.45) is 0 Å². The summed E-state index contributed by atoms with van der Waals surface area (Å²) in [7, 11) is 0. The predicted molar refractivity (Wildman–Crippen MR) is 102 cm³/mol. The van der Waals surface area contributed by atoms with Gasteiger partial charge in [0.15, 0.2) is 0 Å². The van der Waals surface area contributed by atoms with Crippen LogP contribution in [-0.2, 0) is 5.41 Å². The molecule has 2 amide bonds. The Morgan fingerprint density at radius 1 is 0.962 bits per heavy atom. The molecule has 0 saturated carbocycles. The summed E-state index contributed by atoms with van der Waals surface area (Å²) < 4.78 is 0. The van der Waals surface area contributed by atoms with Crippen molar-refractivity contribution < 1.29 is 9.59 Å². The van der Waals surface area contributed by atoms with Crippen LogP contribution >= 0.6 is 11.3 Å². The van der Waals surface area contributed by atoms with Gasteiger partial charge in [0.2, 0.25) is 5.56 Å². The van der Waals surface area contributed by atoms with Gasteiger partial charge in [-0.3, -0.25) is 14.4 Å². The van der Waals surface area contributed by atoms with Gasteiger partial charge in [0, 0.05) is 43.3 Å². The topological polar surface area (TPSA) is 73.5 Å². The highest BCUT2D eigenvalue weighted by Crippen LogP contribution is 2.30. The monoisotopic (exact) mass is 373 g/mol. The largest absolute Gasteiger partial charge is 0.335 e. The number of thiophene rings is 1. The maximum absolute atomic E-state index is 12.7. The zero-order valence-electron chi connectivity index (χ0n) is 15.2. The normalized spacial score (nSPS) is 15.2. The maximum Gasteiger partial charge on any atom is 0.264 e. The molecule has 138 valence electrons. The van der Waals surface area contributed by atoms with Crippen LogP contribution < -0.4 is 5.56 Å². The first-order valence-electron chi connectivity index (χ1n) is 8.63. The Morgan fingerprint density at radius 2 is 1.58 bits per heavy atom. The van der Waals surface area contributed by atoms with Crippen molar-refractivity contribution in [1.82, 2.24) is 14.8 Å². The zero-order valence-corrected chi connectivity index (χ0v) is 16.1. The number of hydrogen-bond donors (Lipinski definition) is 1. The van der Waals surface area contributed by atoms with Crippen LogP contribution in [0.5, 0.6) is 0 Å². The maximum atomic E-state index is 12.7. The number of carbonyl (C=O) groups is 2. The molecule has 2 aromatic rings. The van der Waals surface area contributed by atoms with Gasteiger partial charge in [-0.05, 0) is 23.6 Å². The van der Waals surface area contributed by atoms with Gasteiger partial charge >= 0.3 is 0 Å². The molecule has 1 aliphatic heterocycles. The van der Waals surface area contributed by atoms with Gasteiger partial charge in [-0.1, -0.05) is 20.8 Å². The van der Waals surface area contributed by atoms with Gasteiger partial charge in [-0.25, -0.2) is 0 Å². The summed E-state index contributed by atoms with van der Waals surface area (Å²) in [5.41, 5.74) is 0.255. The van der Waals surface area contributed by atoms with Crippen molar-refractivity contribution >= 4 is 23.2 Å². The number of H-pyrrole nitrogens is 1. The predicted octanol–water partition coefficient (Wildman–Crippen LogP) is 2.33. The third-order valence-corrected chi connectivity index (χ3v) is 5.94. The molecule has 3 heterocycles. The number of nitrogens with one attached hydrogen (secondary N) is 1. The molecule has 1 N–H and O–H groups in total. The van der Waals surface area contributed by atoms with E-state index in [0.29, 0.717) is 31.7 Å². The molecule has 2 aromatic heterocycles. The van der Waals surface area contributed by atoms with E-state index in [9.17, 15) is 14.4 Å². The fourth-order valence-corrected chi connectivity index (χ4v) is 3.88. The number of amides is 2. The molecule has 0 aromatic carbocycles. The van der Waals surface area contributed by atoms with Crippen molar-refractivity contribution in [3.8, 4) is 0 Å². The number of aromatic amines is 1. The highest BCUT2D eigenvalue weighted by Gasteiger charge is 2.27. The lowest BCUT2D eigenvalue weighted by molar-refractivity contribution is 0.0538. The molecular weight excluding hydrogens is 350 g/mol. The third kappa shape index (κ3) is 3.88. The molecule has 1 fully saturated rings. The Bertz CT molecular complexity index is 850. The van der Waals surface area contributed by atoms with E-state index in [1.165, 1.54) is 23.2 Å². The highest BCUT2D eigenvalue weighted by atomic mass is 32.1. The van der Waals surface area contributed by atoms with Crippen LogP contribution in [0.15, 0.2) is 35.3 Å². The van der Waals surface area contributed by atoms with Crippen molar-refractivity contribution in [2.45, 2.75) is 26.2 Å². The molecule has 7 heteroatoms. The van der Waals surface area contributed by atoms with Crippen LogP contribution in [-0.4, -0.2) is 52.8 Å². The standard InChI is InChI=1S/C19H23N3O3S/c1-19(2,3)15-6-5-14(26-15)18(25)22-10-8-21(9-11-22)17(24)13-4-7-16(23)20-12-13/h4-7,12H,8-11H2,1-3H3,(H,20,23). The van der Waals surface area contributed by atoms with E-state index in [0.717, 1.165) is 4.88 Å². The molecule has 26 heavy (non-hydrogen) atoms. The van der Waals surface area contributed by atoms with E-state index in [1.54, 1.807) is 21.1 Å².